The van der Waals surface area contributed by atoms with E-state index >= 15 is 0 Å². The number of hydrogen-bond donors (Lipinski definition) is 1. The summed E-state index contributed by atoms with van der Waals surface area (Å²) < 4.78 is 0. The van der Waals surface area contributed by atoms with Crippen molar-refractivity contribution in [3.8, 4) is 0 Å². The number of carbonyl (C=O) groups excluding carboxylic acids is 1. The Kier molecular flexibility index (Phi) is 3.09. The topological polar surface area (TPSA) is 40.5 Å². The minimum absolute atomic E-state index is 0.0856. The van der Waals surface area contributed by atoms with Crippen LogP contribution in [0.1, 0.15) is 20.3 Å². The van der Waals surface area contributed by atoms with Gasteiger partial charge in [0.1, 0.15) is 0 Å². The fourth-order valence-corrected chi connectivity index (χ4v) is 1.55. The number of carbonyl (C=O) groups is 1. The molecule has 0 bridgehead atoms. The molecule has 1 N–H and O–H groups in total. The van der Waals surface area contributed by atoms with Crippen LogP contribution in [0.2, 0.25) is 0 Å². The molecule has 1 atom stereocenters. The molecule has 3 heteroatoms. The molecule has 1 rings (SSSR count). The molecule has 0 aromatic rings. The summed E-state index contributed by atoms with van der Waals surface area (Å²) in [6, 6.07) is 0. The highest BCUT2D eigenvalue weighted by Crippen LogP contribution is 2.17. The van der Waals surface area contributed by atoms with Crippen molar-refractivity contribution < 1.29 is 9.90 Å². The average molecular weight is 171 g/mol. The van der Waals surface area contributed by atoms with Gasteiger partial charge in [-0.3, -0.25) is 4.79 Å². The van der Waals surface area contributed by atoms with E-state index in [1.54, 1.807) is 0 Å². The highest BCUT2D eigenvalue weighted by atomic mass is 16.3. The van der Waals surface area contributed by atoms with Crippen LogP contribution in [0.4, 0.5) is 0 Å². The van der Waals surface area contributed by atoms with E-state index in [2.05, 4.69) is 0 Å². The summed E-state index contributed by atoms with van der Waals surface area (Å²) in [6.45, 7) is 5.60. The van der Waals surface area contributed by atoms with Gasteiger partial charge in [0.15, 0.2) is 0 Å². The van der Waals surface area contributed by atoms with Crippen molar-refractivity contribution in [2.24, 2.45) is 11.8 Å². The molecule has 1 aliphatic rings. The van der Waals surface area contributed by atoms with E-state index in [1.807, 2.05) is 18.7 Å². The Balaban J connectivity index is 2.41. The highest BCUT2D eigenvalue weighted by molar-refractivity contribution is 5.78. The molecule has 0 unspecified atom stereocenters. The zero-order chi connectivity index (χ0) is 9.14. The number of nitrogens with zero attached hydrogens (tertiary/aromatic N) is 1. The van der Waals surface area contributed by atoms with Crippen molar-refractivity contribution in [1.82, 2.24) is 4.90 Å². The first-order valence-electron chi connectivity index (χ1n) is 4.54. The molecule has 0 spiro atoms. The standard InChI is InChI=1S/C9H17NO2/c1-7(2)9(12)10-4-3-8(5-10)6-11/h7-8,11H,3-6H2,1-2H3/t8-/m0/s1. The minimum Gasteiger partial charge on any atom is -0.396 e. The van der Waals surface area contributed by atoms with E-state index < -0.39 is 0 Å². The molecule has 0 saturated carbocycles. The number of likely N-dealkylation sites (tertiary alicyclic amines) is 1. The molecule has 12 heavy (non-hydrogen) atoms. The number of amides is 1. The van der Waals surface area contributed by atoms with Gasteiger partial charge in [-0.15, -0.1) is 0 Å². The van der Waals surface area contributed by atoms with E-state index in [9.17, 15) is 4.79 Å². The third-order valence-electron chi connectivity index (χ3n) is 2.35. The van der Waals surface area contributed by atoms with Crippen LogP contribution in [-0.4, -0.2) is 35.6 Å². The smallest absolute Gasteiger partial charge is 0.225 e. The Labute approximate surface area is 73.4 Å². The van der Waals surface area contributed by atoms with Gasteiger partial charge < -0.3 is 10.0 Å². The van der Waals surface area contributed by atoms with Gasteiger partial charge >= 0.3 is 0 Å². The van der Waals surface area contributed by atoms with E-state index in [1.165, 1.54) is 0 Å². The number of aliphatic hydroxyl groups is 1. The third-order valence-corrected chi connectivity index (χ3v) is 2.35. The van der Waals surface area contributed by atoms with Crippen LogP contribution in [0.25, 0.3) is 0 Å². The lowest BCUT2D eigenvalue weighted by Crippen LogP contribution is -2.32. The zero-order valence-electron chi connectivity index (χ0n) is 7.79. The van der Waals surface area contributed by atoms with Gasteiger partial charge in [0, 0.05) is 31.5 Å². The molecule has 0 aliphatic carbocycles. The Morgan fingerprint density at radius 1 is 1.67 bits per heavy atom. The fourth-order valence-electron chi connectivity index (χ4n) is 1.55. The Morgan fingerprint density at radius 2 is 2.33 bits per heavy atom. The second kappa shape index (κ2) is 3.90. The maximum atomic E-state index is 11.5. The molecular formula is C9H17NO2. The van der Waals surface area contributed by atoms with Crippen LogP contribution >= 0.6 is 0 Å². The summed E-state index contributed by atoms with van der Waals surface area (Å²) in [4.78, 5) is 13.3. The van der Waals surface area contributed by atoms with Gasteiger partial charge in [-0.1, -0.05) is 13.8 Å². The lowest BCUT2D eigenvalue weighted by atomic mass is 10.1. The summed E-state index contributed by atoms with van der Waals surface area (Å²) in [5.41, 5.74) is 0. The predicted molar refractivity (Wildman–Crippen MR) is 46.6 cm³/mol. The minimum atomic E-state index is 0.0856. The molecule has 70 valence electrons. The summed E-state index contributed by atoms with van der Waals surface area (Å²) in [5, 5.41) is 8.87. The first-order valence-corrected chi connectivity index (χ1v) is 4.54. The van der Waals surface area contributed by atoms with E-state index in [0.29, 0.717) is 5.92 Å². The van der Waals surface area contributed by atoms with Gasteiger partial charge in [0.05, 0.1) is 0 Å². The Morgan fingerprint density at radius 3 is 2.75 bits per heavy atom. The first-order chi connectivity index (χ1) is 5.65. The van der Waals surface area contributed by atoms with Crippen LogP contribution in [0, 0.1) is 11.8 Å². The monoisotopic (exact) mass is 171 g/mol. The van der Waals surface area contributed by atoms with Gasteiger partial charge in [-0.05, 0) is 6.42 Å². The largest absolute Gasteiger partial charge is 0.396 e. The summed E-state index contributed by atoms with van der Waals surface area (Å²) in [7, 11) is 0. The average Bonchev–Trinajstić information content (AvgIpc) is 2.50. The van der Waals surface area contributed by atoms with Crippen molar-refractivity contribution in [2.75, 3.05) is 19.7 Å². The number of aliphatic hydroxyl groups excluding tert-OH is 1. The second-order valence-corrected chi connectivity index (χ2v) is 3.78. The van der Waals surface area contributed by atoms with Crippen molar-refractivity contribution in [3.05, 3.63) is 0 Å². The molecule has 1 fully saturated rings. The molecule has 1 amide bonds. The number of hydrogen-bond acceptors (Lipinski definition) is 2. The molecule has 0 aromatic heterocycles. The fraction of sp³-hybridized carbons (Fsp3) is 0.889. The van der Waals surface area contributed by atoms with Gasteiger partial charge in [-0.25, -0.2) is 0 Å². The molecule has 1 saturated heterocycles. The van der Waals surface area contributed by atoms with Gasteiger partial charge in [0.2, 0.25) is 5.91 Å². The van der Waals surface area contributed by atoms with E-state index in [4.69, 9.17) is 5.11 Å². The summed E-state index contributed by atoms with van der Waals surface area (Å²) >= 11 is 0. The molecule has 0 radical (unpaired) electrons. The molecule has 1 heterocycles. The van der Waals surface area contributed by atoms with Crippen LogP contribution in [-0.2, 0) is 4.79 Å². The quantitative estimate of drug-likeness (QED) is 0.656. The number of rotatable bonds is 2. The SMILES string of the molecule is CC(C)C(=O)N1CC[C@H](CO)C1. The van der Waals surface area contributed by atoms with Crippen molar-refractivity contribution in [1.29, 1.82) is 0 Å². The highest BCUT2D eigenvalue weighted by Gasteiger charge is 2.26. The first kappa shape index (κ1) is 9.52. The van der Waals surface area contributed by atoms with E-state index in [-0.39, 0.29) is 18.4 Å². The Bertz CT molecular complexity index is 168. The van der Waals surface area contributed by atoms with Crippen LogP contribution < -0.4 is 0 Å². The third kappa shape index (κ3) is 1.97. The van der Waals surface area contributed by atoms with Crippen LogP contribution in [0.3, 0.4) is 0 Å². The second-order valence-electron chi connectivity index (χ2n) is 3.78. The molecule has 1 aliphatic heterocycles. The van der Waals surface area contributed by atoms with Crippen molar-refractivity contribution >= 4 is 5.91 Å². The van der Waals surface area contributed by atoms with E-state index in [0.717, 1.165) is 19.5 Å². The summed E-state index contributed by atoms with van der Waals surface area (Å²) in [5.74, 6) is 0.612. The van der Waals surface area contributed by atoms with Crippen molar-refractivity contribution in [2.45, 2.75) is 20.3 Å². The van der Waals surface area contributed by atoms with Crippen LogP contribution in [0.5, 0.6) is 0 Å². The Hall–Kier alpha value is -0.570. The zero-order valence-corrected chi connectivity index (χ0v) is 7.79. The van der Waals surface area contributed by atoms with Crippen molar-refractivity contribution in [3.63, 3.8) is 0 Å². The maximum absolute atomic E-state index is 11.5. The molecule has 0 aromatic carbocycles. The van der Waals surface area contributed by atoms with Gasteiger partial charge in [0.25, 0.3) is 0 Å². The molecule has 3 nitrogen and oxygen atoms in total. The lowest BCUT2D eigenvalue weighted by Gasteiger charge is -2.18. The predicted octanol–water partition coefficient (Wildman–Crippen LogP) is 0.483. The summed E-state index contributed by atoms with van der Waals surface area (Å²) in [6.07, 6.45) is 0.953. The maximum Gasteiger partial charge on any atom is 0.225 e. The normalized spacial score (nSPS) is 23.7. The molecular weight excluding hydrogens is 154 g/mol. The lowest BCUT2D eigenvalue weighted by molar-refractivity contribution is -0.133. The van der Waals surface area contributed by atoms with Crippen LogP contribution in [0.15, 0.2) is 0 Å². The van der Waals surface area contributed by atoms with Gasteiger partial charge in [-0.2, -0.15) is 0 Å².